The molecular formula is C53H63N11O7. The first-order valence-corrected chi connectivity index (χ1v) is 24.9. The third-order valence-corrected chi connectivity index (χ3v) is 14.1. The molecule has 3 aromatic heterocycles. The van der Waals surface area contributed by atoms with Crippen LogP contribution in [0.3, 0.4) is 0 Å². The molecule has 1 unspecified atom stereocenters. The van der Waals surface area contributed by atoms with Crippen molar-refractivity contribution in [3.8, 4) is 11.3 Å². The number of piperidine rings is 1. The van der Waals surface area contributed by atoms with Crippen LogP contribution in [0.25, 0.3) is 22.9 Å². The van der Waals surface area contributed by atoms with E-state index in [1.54, 1.807) is 24.4 Å². The first-order valence-electron chi connectivity index (χ1n) is 24.9. The lowest BCUT2D eigenvalue weighted by molar-refractivity contribution is -0.136. The molecule has 4 aliphatic rings. The number of imide groups is 2. The summed E-state index contributed by atoms with van der Waals surface area (Å²) in [5.41, 5.74) is 11.5. The molecule has 372 valence electrons. The van der Waals surface area contributed by atoms with E-state index in [4.69, 9.17) is 15.2 Å². The molecule has 5 N–H and O–H groups in total. The largest absolute Gasteiger partial charge is 0.382 e. The number of imidazole rings is 1. The number of amides is 6. The molecule has 71 heavy (non-hydrogen) atoms. The Morgan fingerprint density at radius 2 is 1.73 bits per heavy atom. The lowest BCUT2D eigenvalue weighted by Gasteiger charge is -2.28. The summed E-state index contributed by atoms with van der Waals surface area (Å²) < 4.78 is 7.41. The molecule has 0 bridgehead atoms. The molecule has 1 saturated carbocycles. The summed E-state index contributed by atoms with van der Waals surface area (Å²) in [5, 5.41) is 12.4. The summed E-state index contributed by atoms with van der Waals surface area (Å²) in [6.07, 6.45) is 14.2. The zero-order chi connectivity index (χ0) is 50.0. The second-order valence-electron chi connectivity index (χ2n) is 20.5. The molecule has 6 amide bonds. The van der Waals surface area contributed by atoms with Crippen LogP contribution < -0.4 is 26.6 Å². The first kappa shape index (κ1) is 48.8. The maximum absolute atomic E-state index is 13.6. The number of benzene rings is 2. The number of rotatable bonds is 16. The van der Waals surface area contributed by atoms with Crippen molar-refractivity contribution in [1.29, 1.82) is 0 Å². The number of nitrogens with two attached hydrogens (primary N) is 1. The van der Waals surface area contributed by atoms with Gasteiger partial charge in [0.2, 0.25) is 23.6 Å². The predicted octanol–water partition coefficient (Wildman–Crippen LogP) is 6.23. The summed E-state index contributed by atoms with van der Waals surface area (Å²) >= 11 is 0. The average Bonchev–Trinajstić information content (AvgIpc) is 4.14. The van der Waals surface area contributed by atoms with Crippen LogP contribution >= 0.6 is 0 Å². The third-order valence-electron chi connectivity index (χ3n) is 14.1. The zero-order valence-electron chi connectivity index (χ0n) is 41.0. The number of nitrogens with zero attached hydrogens (tertiary/aromatic N) is 7. The fourth-order valence-electron chi connectivity index (χ4n) is 10.3. The fourth-order valence-corrected chi connectivity index (χ4v) is 10.3. The number of aromatic nitrogens is 4. The van der Waals surface area contributed by atoms with Gasteiger partial charge in [-0.1, -0.05) is 75.5 Å². The summed E-state index contributed by atoms with van der Waals surface area (Å²) in [5.74, 6) is 0.191. The van der Waals surface area contributed by atoms with Crippen LogP contribution in [0, 0.1) is 12.8 Å². The van der Waals surface area contributed by atoms with E-state index >= 15 is 0 Å². The maximum Gasteiger partial charge on any atom is 0.262 e. The Hall–Kier alpha value is -7.21. The second kappa shape index (κ2) is 20.6. The molecule has 18 nitrogen and oxygen atoms in total. The molecule has 6 heterocycles. The molecular weight excluding hydrogens is 903 g/mol. The van der Waals surface area contributed by atoms with E-state index in [1.807, 2.05) is 68.5 Å². The molecule has 2 atom stereocenters. The minimum absolute atomic E-state index is 0.0455. The van der Waals surface area contributed by atoms with Gasteiger partial charge in [0.25, 0.3) is 11.8 Å². The van der Waals surface area contributed by atoms with Gasteiger partial charge in [-0.2, -0.15) is 0 Å². The molecule has 3 aliphatic heterocycles. The summed E-state index contributed by atoms with van der Waals surface area (Å²) in [6.45, 7) is 11.2. The Labute approximate surface area is 412 Å². The number of hydrogen-bond donors (Lipinski definition) is 4. The predicted molar refractivity (Wildman–Crippen MR) is 268 cm³/mol. The van der Waals surface area contributed by atoms with Gasteiger partial charge in [-0.15, -0.1) is 0 Å². The number of nitrogens with one attached hydrogen (secondary N) is 3. The number of aryl methyl sites for hydroxylation is 1. The van der Waals surface area contributed by atoms with Crippen molar-refractivity contribution in [2.24, 2.45) is 5.92 Å². The van der Waals surface area contributed by atoms with E-state index in [9.17, 15) is 28.8 Å². The quantitative estimate of drug-likeness (QED) is 0.0636. The van der Waals surface area contributed by atoms with Crippen molar-refractivity contribution in [2.75, 3.05) is 48.7 Å². The number of hydrogen-bond acceptors (Lipinski definition) is 13. The van der Waals surface area contributed by atoms with Crippen molar-refractivity contribution in [2.45, 2.75) is 116 Å². The SMILES string of the molecule is Cc1nc(-c2ccc(CC(=O)Nc3cc(C(C)(C)C)on3)cc2)c2c(N)ncc(/C=C/CCCN(CC(=O)NC3CCCCC3)C[C@@H]3CCN(c4ccc5c(c4)C(=O)N(C4CCC(=O)NC4=O)C5=O)C3)n12. The van der Waals surface area contributed by atoms with E-state index in [2.05, 4.69) is 42.0 Å². The van der Waals surface area contributed by atoms with Crippen LogP contribution in [0.15, 0.2) is 65.3 Å². The van der Waals surface area contributed by atoms with Crippen LogP contribution in [0.5, 0.6) is 0 Å². The molecule has 2 saturated heterocycles. The van der Waals surface area contributed by atoms with Gasteiger partial charge in [0.15, 0.2) is 5.82 Å². The normalized spacial score (nSPS) is 18.8. The molecule has 18 heteroatoms. The van der Waals surface area contributed by atoms with Gasteiger partial charge in [-0.05, 0) is 87.7 Å². The van der Waals surface area contributed by atoms with Gasteiger partial charge in [0.05, 0.1) is 36.0 Å². The Kier molecular flexibility index (Phi) is 14.2. The lowest BCUT2D eigenvalue weighted by atomic mass is 9.93. The smallest absolute Gasteiger partial charge is 0.262 e. The highest BCUT2D eigenvalue weighted by Gasteiger charge is 2.45. The van der Waals surface area contributed by atoms with Gasteiger partial charge in [0.1, 0.15) is 34.7 Å². The highest BCUT2D eigenvalue weighted by atomic mass is 16.5. The van der Waals surface area contributed by atoms with Gasteiger partial charge in [-0.25, -0.2) is 9.97 Å². The fraction of sp³-hybridized carbons (Fsp3) is 0.453. The zero-order valence-corrected chi connectivity index (χ0v) is 41.0. The van der Waals surface area contributed by atoms with Crippen LogP contribution in [0.4, 0.5) is 17.3 Å². The van der Waals surface area contributed by atoms with Gasteiger partial charge in [-0.3, -0.25) is 48.3 Å². The topological polar surface area (TPSA) is 230 Å². The van der Waals surface area contributed by atoms with Gasteiger partial charge < -0.3 is 25.8 Å². The van der Waals surface area contributed by atoms with Crippen molar-refractivity contribution >= 4 is 64.4 Å². The summed E-state index contributed by atoms with van der Waals surface area (Å²) in [6, 6.07) is 13.9. The molecule has 2 aromatic carbocycles. The number of anilines is 3. The molecule has 0 spiro atoms. The Morgan fingerprint density at radius 3 is 2.48 bits per heavy atom. The van der Waals surface area contributed by atoms with Crippen LogP contribution in [0.1, 0.15) is 129 Å². The molecule has 9 rings (SSSR count). The van der Waals surface area contributed by atoms with Crippen LogP contribution in [-0.4, -0.2) is 110 Å². The molecule has 5 aromatic rings. The minimum Gasteiger partial charge on any atom is -0.382 e. The minimum atomic E-state index is -1.02. The first-order chi connectivity index (χ1) is 34.1. The standard InChI is InChI=1S/C53H63N11O7/c1-32-56-47(35-16-14-33(15-17-35)25-45(66)58-43-27-42(71-60-43)53(2,3)4)48-49(54)55-28-38(63(32)48)13-9-6-10-23-61(31-46(67)57-36-11-7-5-8-12-36)29-34-22-24-62(30-34)37-18-19-39-40(26-37)52(70)64(51(39)69)41-20-21-44(65)59-50(41)68/h9,13-19,26-28,34,36,41H,5-8,10-12,20-25,29-31H2,1-4H3,(H2,54,55)(H,57,67)(H,58,60,66)(H,59,65,68)/b13-9+/t34-,41?/m0/s1. The van der Waals surface area contributed by atoms with E-state index in [-0.39, 0.29) is 59.6 Å². The van der Waals surface area contributed by atoms with E-state index in [0.29, 0.717) is 41.7 Å². The third kappa shape index (κ3) is 10.9. The van der Waals surface area contributed by atoms with E-state index in [0.717, 1.165) is 97.8 Å². The van der Waals surface area contributed by atoms with Crippen molar-refractivity contribution in [3.05, 3.63) is 94.8 Å². The second-order valence-corrected chi connectivity index (χ2v) is 20.5. The number of carbonyl (C=O) groups is 6. The number of unbranched alkanes of at least 4 members (excludes halogenated alkanes) is 1. The van der Waals surface area contributed by atoms with Crippen molar-refractivity contribution in [1.82, 2.24) is 40.0 Å². The van der Waals surface area contributed by atoms with Crippen LogP contribution in [-0.2, 0) is 31.0 Å². The summed E-state index contributed by atoms with van der Waals surface area (Å²) in [7, 11) is 0. The number of nitrogen functional groups attached to an aromatic ring is 1. The monoisotopic (exact) mass is 965 g/mol. The Morgan fingerprint density at radius 1 is 0.958 bits per heavy atom. The Bertz CT molecular complexity index is 2890. The number of fused-ring (bicyclic) bond motifs is 2. The van der Waals surface area contributed by atoms with Crippen LogP contribution in [0.2, 0.25) is 0 Å². The van der Waals surface area contributed by atoms with Gasteiger partial charge in [0, 0.05) is 54.8 Å². The number of allylic oxidation sites excluding steroid dienone is 1. The molecule has 0 radical (unpaired) electrons. The van der Waals surface area contributed by atoms with Gasteiger partial charge >= 0.3 is 0 Å². The van der Waals surface area contributed by atoms with Crippen molar-refractivity contribution in [3.63, 3.8) is 0 Å². The average molecular weight is 966 g/mol. The Balaban J connectivity index is 0.826. The molecule has 3 fully saturated rings. The highest BCUT2D eigenvalue weighted by Crippen LogP contribution is 2.34. The maximum atomic E-state index is 13.6. The van der Waals surface area contributed by atoms with Crippen molar-refractivity contribution < 1.29 is 33.3 Å². The number of carbonyl (C=O) groups excluding carboxylic acids is 6. The van der Waals surface area contributed by atoms with E-state index in [1.165, 1.54) is 6.42 Å². The summed E-state index contributed by atoms with van der Waals surface area (Å²) in [4.78, 5) is 92.5. The lowest BCUT2D eigenvalue weighted by Crippen LogP contribution is -2.54. The van der Waals surface area contributed by atoms with E-state index < -0.39 is 29.7 Å². The highest BCUT2D eigenvalue weighted by molar-refractivity contribution is 6.23. The molecule has 1 aliphatic carbocycles.